The van der Waals surface area contributed by atoms with Crippen molar-refractivity contribution in [2.75, 3.05) is 0 Å². The van der Waals surface area contributed by atoms with E-state index in [0.29, 0.717) is 44.1 Å². The van der Waals surface area contributed by atoms with E-state index in [1.807, 2.05) is 0 Å². The molecule has 4 nitrogen and oxygen atoms in total. The Kier molecular flexibility index (Phi) is 5.58. The van der Waals surface area contributed by atoms with Gasteiger partial charge in [0.1, 0.15) is 11.6 Å². The van der Waals surface area contributed by atoms with Gasteiger partial charge in [0.05, 0.1) is 11.5 Å². The quantitative estimate of drug-likeness (QED) is 0.843. The maximum absolute atomic E-state index is 14.5. The molecule has 0 unspecified atom stereocenters. The van der Waals surface area contributed by atoms with Crippen LogP contribution in [0.25, 0.3) is 0 Å². The number of carboxylic acid groups (broad SMARTS) is 1. The van der Waals surface area contributed by atoms with Gasteiger partial charge in [0.25, 0.3) is 0 Å². The van der Waals surface area contributed by atoms with Crippen LogP contribution in [0, 0.1) is 23.5 Å². The van der Waals surface area contributed by atoms with Crippen molar-refractivity contribution in [2.24, 2.45) is 11.8 Å². The molecule has 0 radical (unpaired) electrons. The number of benzene rings is 1. The van der Waals surface area contributed by atoms with E-state index in [1.54, 1.807) is 0 Å². The van der Waals surface area contributed by atoms with Crippen LogP contribution in [-0.2, 0) is 15.1 Å². The standard InChI is InChI=1S/C20H25F2NO3/c21-15-8-9-16(17(22)12-15)20(10-2-1-3-11-20)23-18(24)13-4-6-14(7-5-13)19(25)26/h8-9,12-14H,1-7,10-11H2,(H,23,24)(H,25,26). The normalized spacial score (nSPS) is 25.5. The largest absolute Gasteiger partial charge is 0.481 e. The van der Waals surface area contributed by atoms with Crippen molar-refractivity contribution in [3.05, 3.63) is 35.4 Å². The number of carbonyl (C=O) groups is 2. The van der Waals surface area contributed by atoms with E-state index < -0.39 is 23.1 Å². The first-order valence-corrected chi connectivity index (χ1v) is 9.42. The molecule has 1 amide bonds. The Labute approximate surface area is 152 Å². The van der Waals surface area contributed by atoms with Crippen LogP contribution in [0.3, 0.4) is 0 Å². The molecule has 6 heteroatoms. The number of rotatable bonds is 4. The molecule has 0 aromatic heterocycles. The predicted molar refractivity (Wildman–Crippen MR) is 92.3 cm³/mol. The molecule has 2 aliphatic carbocycles. The summed E-state index contributed by atoms with van der Waals surface area (Å²) < 4.78 is 27.8. The van der Waals surface area contributed by atoms with Gasteiger partial charge in [0, 0.05) is 17.5 Å². The topological polar surface area (TPSA) is 66.4 Å². The van der Waals surface area contributed by atoms with Crippen LogP contribution < -0.4 is 5.32 Å². The lowest BCUT2D eigenvalue weighted by Crippen LogP contribution is -2.50. The minimum Gasteiger partial charge on any atom is -0.481 e. The molecule has 0 saturated heterocycles. The lowest BCUT2D eigenvalue weighted by atomic mass is 9.75. The van der Waals surface area contributed by atoms with Crippen molar-refractivity contribution < 1.29 is 23.5 Å². The highest BCUT2D eigenvalue weighted by Gasteiger charge is 2.40. The van der Waals surface area contributed by atoms with Gasteiger partial charge in [0.2, 0.25) is 5.91 Å². The van der Waals surface area contributed by atoms with Gasteiger partial charge in [-0.15, -0.1) is 0 Å². The van der Waals surface area contributed by atoms with Gasteiger partial charge in [-0.05, 0) is 44.6 Å². The number of nitrogens with one attached hydrogen (secondary N) is 1. The number of aliphatic carboxylic acids is 1. The first-order valence-electron chi connectivity index (χ1n) is 9.42. The van der Waals surface area contributed by atoms with Crippen molar-refractivity contribution >= 4 is 11.9 Å². The SMILES string of the molecule is O=C(O)C1CCC(C(=O)NC2(c3ccc(F)cc3F)CCCCC2)CC1. The first-order chi connectivity index (χ1) is 12.4. The average Bonchev–Trinajstić information content (AvgIpc) is 2.62. The van der Waals surface area contributed by atoms with Crippen molar-refractivity contribution in [3.8, 4) is 0 Å². The summed E-state index contributed by atoms with van der Waals surface area (Å²) in [6.45, 7) is 0. The third kappa shape index (κ3) is 3.89. The number of carboxylic acids is 1. The summed E-state index contributed by atoms with van der Waals surface area (Å²) in [4.78, 5) is 23.9. The fourth-order valence-corrected chi connectivity index (χ4v) is 4.44. The van der Waals surface area contributed by atoms with Gasteiger partial charge in [-0.1, -0.05) is 25.3 Å². The van der Waals surface area contributed by atoms with Gasteiger partial charge >= 0.3 is 5.97 Å². The predicted octanol–water partition coefficient (Wildman–Crippen LogP) is 4.13. The van der Waals surface area contributed by atoms with Crippen LogP contribution in [0.1, 0.15) is 63.4 Å². The highest BCUT2D eigenvalue weighted by Crippen LogP contribution is 2.39. The van der Waals surface area contributed by atoms with Crippen LogP contribution in [0.4, 0.5) is 8.78 Å². The van der Waals surface area contributed by atoms with Crippen LogP contribution in [-0.4, -0.2) is 17.0 Å². The number of hydrogen-bond donors (Lipinski definition) is 2. The molecule has 2 fully saturated rings. The Bertz CT molecular complexity index is 678. The molecule has 1 aromatic carbocycles. The van der Waals surface area contributed by atoms with E-state index >= 15 is 0 Å². The van der Waals surface area contributed by atoms with Crippen molar-refractivity contribution in [1.82, 2.24) is 5.32 Å². The number of carbonyl (C=O) groups excluding carboxylic acids is 1. The third-order valence-corrected chi connectivity index (χ3v) is 5.96. The van der Waals surface area contributed by atoms with Crippen molar-refractivity contribution in [1.29, 1.82) is 0 Å². The zero-order valence-corrected chi connectivity index (χ0v) is 14.8. The second-order valence-corrected chi connectivity index (χ2v) is 7.64. The molecule has 2 aliphatic rings. The Morgan fingerprint density at radius 3 is 2.19 bits per heavy atom. The molecule has 0 spiro atoms. The third-order valence-electron chi connectivity index (χ3n) is 5.96. The van der Waals surface area contributed by atoms with Gasteiger partial charge < -0.3 is 10.4 Å². The van der Waals surface area contributed by atoms with E-state index in [0.717, 1.165) is 25.3 Å². The van der Waals surface area contributed by atoms with Gasteiger partial charge in [0.15, 0.2) is 0 Å². The number of amides is 1. The molecule has 0 bridgehead atoms. The van der Waals surface area contributed by atoms with Crippen LogP contribution in [0.2, 0.25) is 0 Å². The summed E-state index contributed by atoms with van der Waals surface area (Å²) in [5.41, 5.74) is -0.442. The summed E-state index contributed by atoms with van der Waals surface area (Å²) in [6.07, 6.45) is 6.10. The lowest BCUT2D eigenvalue weighted by molar-refractivity contribution is -0.144. The van der Waals surface area contributed by atoms with E-state index in [2.05, 4.69) is 5.32 Å². The van der Waals surface area contributed by atoms with Gasteiger partial charge in [-0.2, -0.15) is 0 Å². The molecule has 26 heavy (non-hydrogen) atoms. The zero-order chi connectivity index (χ0) is 18.7. The summed E-state index contributed by atoms with van der Waals surface area (Å²) in [6, 6.07) is 3.55. The van der Waals surface area contributed by atoms with E-state index in [4.69, 9.17) is 5.11 Å². The Morgan fingerprint density at radius 2 is 1.62 bits per heavy atom. The minimum atomic E-state index is -0.805. The lowest BCUT2D eigenvalue weighted by Gasteiger charge is -2.40. The second kappa shape index (κ2) is 7.72. The molecule has 0 heterocycles. The second-order valence-electron chi connectivity index (χ2n) is 7.64. The van der Waals surface area contributed by atoms with Gasteiger partial charge in [-0.3, -0.25) is 9.59 Å². The van der Waals surface area contributed by atoms with Crippen molar-refractivity contribution in [2.45, 2.75) is 63.3 Å². The average molecular weight is 365 g/mol. The van der Waals surface area contributed by atoms with Gasteiger partial charge in [-0.25, -0.2) is 8.78 Å². The molecule has 0 atom stereocenters. The zero-order valence-electron chi connectivity index (χ0n) is 14.8. The summed E-state index contributed by atoms with van der Waals surface area (Å²) in [5.74, 6) is -2.82. The van der Waals surface area contributed by atoms with Crippen molar-refractivity contribution in [3.63, 3.8) is 0 Å². The van der Waals surface area contributed by atoms with Crippen LogP contribution >= 0.6 is 0 Å². The molecule has 1 aromatic rings. The summed E-state index contributed by atoms with van der Waals surface area (Å²) in [7, 11) is 0. The first kappa shape index (κ1) is 18.8. The molecule has 142 valence electrons. The van der Waals surface area contributed by atoms with E-state index in [-0.39, 0.29) is 17.7 Å². The van der Waals surface area contributed by atoms with Crippen LogP contribution in [0.5, 0.6) is 0 Å². The summed E-state index contributed by atoms with van der Waals surface area (Å²) in [5, 5.41) is 12.2. The highest BCUT2D eigenvalue weighted by molar-refractivity contribution is 5.80. The number of halogens is 2. The van der Waals surface area contributed by atoms with Crippen LogP contribution in [0.15, 0.2) is 18.2 Å². The molecular weight excluding hydrogens is 340 g/mol. The Morgan fingerprint density at radius 1 is 1.00 bits per heavy atom. The molecule has 3 rings (SSSR count). The fraction of sp³-hybridized carbons (Fsp3) is 0.600. The Balaban J connectivity index is 1.77. The maximum Gasteiger partial charge on any atom is 0.306 e. The summed E-state index contributed by atoms with van der Waals surface area (Å²) >= 11 is 0. The number of hydrogen-bond acceptors (Lipinski definition) is 2. The minimum absolute atomic E-state index is 0.139. The van der Waals surface area contributed by atoms with E-state index in [9.17, 15) is 18.4 Å². The molecule has 0 aliphatic heterocycles. The molecular formula is C20H25F2NO3. The van der Waals surface area contributed by atoms with E-state index in [1.165, 1.54) is 12.1 Å². The fourth-order valence-electron chi connectivity index (χ4n) is 4.44. The molecule has 2 saturated carbocycles. The highest BCUT2D eigenvalue weighted by atomic mass is 19.1. The monoisotopic (exact) mass is 365 g/mol. The Hall–Kier alpha value is -1.98. The smallest absolute Gasteiger partial charge is 0.306 e. The molecule has 2 N–H and O–H groups in total. The maximum atomic E-state index is 14.5.